The van der Waals surface area contributed by atoms with Crippen LogP contribution in [0.15, 0.2) is 48.6 Å². The normalized spacial score (nSPS) is 12.6. The molecule has 0 radical (unpaired) electrons. The van der Waals surface area contributed by atoms with Crippen molar-refractivity contribution in [1.82, 2.24) is 0 Å². The van der Waals surface area contributed by atoms with E-state index in [0.29, 0.717) is 40.4 Å². The van der Waals surface area contributed by atoms with Crippen molar-refractivity contribution in [3.05, 3.63) is 59.7 Å². The predicted octanol–water partition coefficient (Wildman–Crippen LogP) is 3.49. The van der Waals surface area contributed by atoms with Crippen LogP contribution in [0.25, 0.3) is 12.2 Å². The molecule has 0 fully saturated rings. The standard InChI is InChI=1S/C26H28O9/c1-17(34-25(28)12-8-18-6-10-20(30-2)22(14-18)32-4)24(16-27)35-26(29)13-9-19-7-11-21(31-3)23(15-19)33-5/h6-17,24H,1-5H3/b12-8+,13-9+. The van der Waals surface area contributed by atoms with E-state index in [9.17, 15) is 14.4 Å². The SMILES string of the molecule is COc1ccc(/C=C/C(=O)OC(C)C(C=O)OC(=O)/C=C/c2ccc(OC)c(OC)c2)cc1OC. The van der Waals surface area contributed by atoms with Gasteiger partial charge in [0.25, 0.3) is 0 Å². The molecule has 35 heavy (non-hydrogen) atoms. The molecule has 0 saturated carbocycles. The molecule has 0 bridgehead atoms. The van der Waals surface area contributed by atoms with Gasteiger partial charge in [-0.1, -0.05) is 12.1 Å². The van der Waals surface area contributed by atoms with Crippen LogP contribution in [0.4, 0.5) is 0 Å². The van der Waals surface area contributed by atoms with E-state index in [1.807, 2.05) is 0 Å². The average molecular weight is 485 g/mol. The van der Waals surface area contributed by atoms with Gasteiger partial charge in [-0.15, -0.1) is 0 Å². The summed E-state index contributed by atoms with van der Waals surface area (Å²) in [5, 5.41) is 0. The number of carbonyl (C=O) groups excluding carboxylic acids is 3. The minimum atomic E-state index is -1.28. The molecule has 2 aromatic rings. The van der Waals surface area contributed by atoms with Crippen LogP contribution in [0, 0.1) is 0 Å². The third-order valence-electron chi connectivity index (χ3n) is 4.79. The van der Waals surface area contributed by atoms with E-state index < -0.39 is 24.1 Å². The molecule has 0 heterocycles. The van der Waals surface area contributed by atoms with Crippen molar-refractivity contribution < 1.29 is 42.8 Å². The zero-order chi connectivity index (χ0) is 25.8. The zero-order valence-electron chi connectivity index (χ0n) is 20.2. The zero-order valence-corrected chi connectivity index (χ0v) is 20.2. The molecule has 0 aliphatic heterocycles. The van der Waals surface area contributed by atoms with Gasteiger partial charge in [0.1, 0.15) is 6.10 Å². The van der Waals surface area contributed by atoms with E-state index in [2.05, 4.69) is 0 Å². The third kappa shape index (κ3) is 7.92. The minimum Gasteiger partial charge on any atom is -0.493 e. The highest BCUT2D eigenvalue weighted by Gasteiger charge is 2.23. The van der Waals surface area contributed by atoms with Gasteiger partial charge in [-0.3, -0.25) is 4.79 Å². The molecule has 0 aliphatic rings. The molecule has 186 valence electrons. The first kappa shape index (κ1) is 27.0. The van der Waals surface area contributed by atoms with Crippen molar-refractivity contribution in [2.24, 2.45) is 0 Å². The number of hydrogen-bond acceptors (Lipinski definition) is 9. The average Bonchev–Trinajstić information content (AvgIpc) is 2.88. The summed E-state index contributed by atoms with van der Waals surface area (Å²) in [6.07, 6.45) is 3.48. The highest BCUT2D eigenvalue weighted by atomic mass is 16.6. The van der Waals surface area contributed by atoms with E-state index in [-0.39, 0.29) is 0 Å². The fourth-order valence-electron chi connectivity index (χ4n) is 2.94. The summed E-state index contributed by atoms with van der Waals surface area (Å²) in [7, 11) is 6.05. The number of ether oxygens (including phenoxy) is 6. The van der Waals surface area contributed by atoms with E-state index >= 15 is 0 Å². The Kier molecular flexibility index (Phi) is 10.4. The Balaban J connectivity index is 1.95. The molecule has 2 aromatic carbocycles. The molecule has 9 nitrogen and oxygen atoms in total. The molecule has 0 aromatic heterocycles. The van der Waals surface area contributed by atoms with Gasteiger partial charge in [-0.05, 0) is 54.5 Å². The molecule has 0 N–H and O–H groups in total. The number of benzene rings is 2. The van der Waals surface area contributed by atoms with E-state index in [1.54, 1.807) is 36.4 Å². The van der Waals surface area contributed by atoms with Crippen molar-refractivity contribution in [2.45, 2.75) is 19.1 Å². The quantitative estimate of drug-likeness (QED) is 0.254. The first-order valence-electron chi connectivity index (χ1n) is 10.5. The first-order valence-corrected chi connectivity index (χ1v) is 10.5. The molecular weight excluding hydrogens is 456 g/mol. The molecule has 0 spiro atoms. The maximum atomic E-state index is 12.2. The summed E-state index contributed by atoms with van der Waals surface area (Å²) >= 11 is 0. The van der Waals surface area contributed by atoms with Crippen LogP contribution in [0.1, 0.15) is 18.1 Å². The van der Waals surface area contributed by atoms with Crippen molar-refractivity contribution in [3.63, 3.8) is 0 Å². The summed E-state index contributed by atoms with van der Waals surface area (Å²) in [5.74, 6) is 0.610. The number of rotatable bonds is 12. The van der Waals surface area contributed by atoms with Gasteiger partial charge < -0.3 is 28.4 Å². The predicted molar refractivity (Wildman–Crippen MR) is 129 cm³/mol. The molecule has 9 heteroatoms. The Bertz CT molecular complexity index is 1090. The highest BCUT2D eigenvalue weighted by Crippen LogP contribution is 2.29. The van der Waals surface area contributed by atoms with Gasteiger partial charge in [0.15, 0.2) is 35.4 Å². The minimum absolute atomic E-state index is 0.401. The Hall–Kier alpha value is -4.27. The summed E-state index contributed by atoms with van der Waals surface area (Å²) in [4.78, 5) is 35.8. The Labute approximate surface area is 203 Å². The maximum absolute atomic E-state index is 12.2. The summed E-state index contributed by atoms with van der Waals surface area (Å²) < 4.78 is 31.1. The van der Waals surface area contributed by atoms with Crippen LogP contribution in [0.5, 0.6) is 23.0 Å². The highest BCUT2D eigenvalue weighted by molar-refractivity contribution is 5.89. The summed E-state index contributed by atoms with van der Waals surface area (Å²) in [6, 6.07) is 10.2. The van der Waals surface area contributed by atoms with Crippen molar-refractivity contribution in [3.8, 4) is 23.0 Å². The lowest BCUT2D eigenvalue weighted by Gasteiger charge is -2.18. The van der Waals surface area contributed by atoms with Crippen molar-refractivity contribution in [2.75, 3.05) is 28.4 Å². The number of hydrogen-bond donors (Lipinski definition) is 0. The molecule has 2 rings (SSSR count). The Morgan fingerprint density at radius 3 is 1.51 bits per heavy atom. The summed E-state index contributed by atoms with van der Waals surface area (Å²) in [6.45, 7) is 1.45. The van der Waals surface area contributed by atoms with Crippen LogP contribution < -0.4 is 18.9 Å². The second-order valence-corrected chi connectivity index (χ2v) is 7.08. The topological polar surface area (TPSA) is 107 Å². The number of aldehydes is 1. The maximum Gasteiger partial charge on any atom is 0.331 e. The first-order chi connectivity index (χ1) is 16.8. The van der Waals surface area contributed by atoms with E-state index in [1.165, 1.54) is 53.6 Å². The van der Waals surface area contributed by atoms with Crippen LogP contribution in [0.3, 0.4) is 0 Å². The fourth-order valence-corrected chi connectivity index (χ4v) is 2.94. The van der Waals surface area contributed by atoms with Crippen LogP contribution in [-0.4, -0.2) is 58.9 Å². The fraction of sp³-hybridized carbons (Fsp3) is 0.269. The van der Waals surface area contributed by atoms with Gasteiger partial charge in [-0.2, -0.15) is 0 Å². The largest absolute Gasteiger partial charge is 0.493 e. The van der Waals surface area contributed by atoms with Crippen LogP contribution >= 0.6 is 0 Å². The van der Waals surface area contributed by atoms with Crippen LogP contribution in [-0.2, 0) is 23.9 Å². The van der Waals surface area contributed by atoms with Gasteiger partial charge >= 0.3 is 11.9 Å². The Morgan fingerprint density at radius 1 is 0.686 bits per heavy atom. The molecule has 2 unspecified atom stereocenters. The lowest BCUT2D eigenvalue weighted by atomic mass is 10.2. The van der Waals surface area contributed by atoms with E-state index in [0.717, 1.165) is 6.08 Å². The number of esters is 2. The van der Waals surface area contributed by atoms with Crippen molar-refractivity contribution >= 4 is 30.4 Å². The van der Waals surface area contributed by atoms with Crippen LogP contribution in [0.2, 0.25) is 0 Å². The molecule has 0 saturated heterocycles. The molecule has 0 amide bonds. The molecule has 2 atom stereocenters. The van der Waals surface area contributed by atoms with Gasteiger partial charge in [-0.25, -0.2) is 9.59 Å². The summed E-state index contributed by atoms with van der Waals surface area (Å²) in [5.41, 5.74) is 1.33. The van der Waals surface area contributed by atoms with Gasteiger partial charge in [0, 0.05) is 12.2 Å². The lowest BCUT2D eigenvalue weighted by molar-refractivity contribution is -0.161. The number of methoxy groups -OCH3 is 4. The number of carbonyl (C=O) groups is 3. The molecule has 0 aliphatic carbocycles. The lowest BCUT2D eigenvalue weighted by Crippen LogP contribution is -2.33. The second-order valence-electron chi connectivity index (χ2n) is 7.08. The smallest absolute Gasteiger partial charge is 0.331 e. The third-order valence-corrected chi connectivity index (χ3v) is 4.79. The van der Waals surface area contributed by atoms with Gasteiger partial charge in [0.2, 0.25) is 0 Å². The monoisotopic (exact) mass is 484 g/mol. The van der Waals surface area contributed by atoms with Crippen molar-refractivity contribution in [1.29, 1.82) is 0 Å². The van der Waals surface area contributed by atoms with Gasteiger partial charge in [0.05, 0.1) is 28.4 Å². The molecular formula is C26H28O9. The second kappa shape index (κ2) is 13.4. The van der Waals surface area contributed by atoms with E-state index in [4.69, 9.17) is 28.4 Å². The Morgan fingerprint density at radius 2 is 1.11 bits per heavy atom.